The lowest BCUT2D eigenvalue weighted by molar-refractivity contribution is 0.578. The lowest BCUT2D eigenvalue weighted by Gasteiger charge is -2.01. The average Bonchev–Trinajstić information content (AvgIpc) is 2.86. The van der Waals surface area contributed by atoms with E-state index in [1.165, 1.54) is 16.9 Å². The number of benzene rings is 1. The molecule has 0 unspecified atom stereocenters. The summed E-state index contributed by atoms with van der Waals surface area (Å²) < 4.78 is 12.9. The number of rotatable bonds is 2. The summed E-state index contributed by atoms with van der Waals surface area (Å²) in [5, 5.41) is 8.40. The van der Waals surface area contributed by atoms with Gasteiger partial charge in [-0.15, -0.1) is 5.10 Å². The van der Waals surface area contributed by atoms with E-state index < -0.39 is 0 Å². The number of halogens is 1. The van der Waals surface area contributed by atoms with Gasteiger partial charge in [-0.05, 0) is 24.6 Å². The van der Waals surface area contributed by atoms with Gasteiger partial charge in [-0.2, -0.15) is 9.90 Å². The molecule has 5 nitrogen and oxygen atoms in total. The van der Waals surface area contributed by atoms with E-state index in [1.807, 2.05) is 6.92 Å². The number of aromatic nitrogens is 4. The summed E-state index contributed by atoms with van der Waals surface area (Å²) in [6, 6.07) is 6.04. The highest BCUT2D eigenvalue weighted by Crippen LogP contribution is 2.23. The van der Waals surface area contributed by atoms with Crippen molar-refractivity contribution >= 4 is 11.0 Å². The smallest absolute Gasteiger partial charge is 0.278 e. The molecule has 96 valence electrons. The zero-order valence-electron chi connectivity index (χ0n) is 10.2. The molecule has 1 aromatic carbocycles. The van der Waals surface area contributed by atoms with Crippen molar-refractivity contribution in [2.24, 2.45) is 0 Å². The second kappa shape index (κ2) is 4.31. The molecule has 0 saturated heterocycles. The number of nitrogens with one attached hydrogen (secondary N) is 1. The first kappa shape index (κ1) is 11.6. The van der Waals surface area contributed by atoms with E-state index in [4.69, 9.17) is 0 Å². The normalized spacial score (nSPS) is 11.1. The average molecular weight is 258 g/mol. The van der Waals surface area contributed by atoms with Crippen LogP contribution in [0.1, 0.15) is 6.92 Å². The minimum Gasteiger partial charge on any atom is -0.326 e. The van der Waals surface area contributed by atoms with Crippen molar-refractivity contribution in [3.8, 4) is 11.1 Å². The second-order valence-electron chi connectivity index (χ2n) is 4.12. The highest BCUT2D eigenvalue weighted by Gasteiger charge is 2.12. The molecule has 6 heteroatoms. The maximum atomic E-state index is 12.9. The SMILES string of the molecule is CCn1nc2c(-c3ccc(F)cc3)c[nH]c(=O)c2n1. The monoisotopic (exact) mass is 258 g/mol. The Morgan fingerprint density at radius 3 is 2.58 bits per heavy atom. The number of nitrogens with zero attached hydrogens (tertiary/aromatic N) is 3. The highest BCUT2D eigenvalue weighted by atomic mass is 19.1. The van der Waals surface area contributed by atoms with Crippen LogP contribution in [-0.2, 0) is 6.54 Å². The van der Waals surface area contributed by atoms with Crippen LogP contribution in [0, 0.1) is 5.82 Å². The molecule has 0 radical (unpaired) electrons. The predicted molar refractivity (Wildman–Crippen MR) is 69.2 cm³/mol. The summed E-state index contributed by atoms with van der Waals surface area (Å²) in [5.41, 5.74) is 2.06. The van der Waals surface area contributed by atoms with Crippen LogP contribution in [0.3, 0.4) is 0 Å². The molecule has 3 rings (SSSR count). The molecule has 0 aliphatic carbocycles. The van der Waals surface area contributed by atoms with Gasteiger partial charge in [-0.3, -0.25) is 4.79 Å². The molecule has 0 fully saturated rings. The van der Waals surface area contributed by atoms with Crippen molar-refractivity contribution in [3.63, 3.8) is 0 Å². The number of fused-ring (bicyclic) bond motifs is 1. The first-order chi connectivity index (χ1) is 9.19. The molecule has 0 spiro atoms. The third kappa shape index (κ3) is 1.91. The van der Waals surface area contributed by atoms with Crippen molar-refractivity contribution in [2.45, 2.75) is 13.5 Å². The van der Waals surface area contributed by atoms with E-state index in [1.54, 1.807) is 18.3 Å². The van der Waals surface area contributed by atoms with E-state index in [-0.39, 0.29) is 11.4 Å². The van der Waals surface area contributed by atoms with Crippen LogP contribution in [0.5, 0.6) is 0 Å². The molecular weight excluding hydrogens is 247 g/mol. The molecule has 3 aromatic rings. The lowest BCUT2D eigenvalue weighted by atomic mass is 10.1. The van der Waals surface area contributed by atoms with E-state index in [0.29, 0.717) is 17.6 Å². The van der Waals surface area contributed by atoms with Gasteiger partial charge in [0.05, 0.1) is 6.54 Å². The van der Waals surface area contributed by atoms with Crippen molar-refractivity contribution < 1.29 is 4.39 Å². The fraction of sp³-hybridized carbons (Fsp3) is 0.154. The molecule has 2 aromatic heterocycles. The van der Waals surface area contributed by atoms with E-state index >= 15 is 0 Å². The number of aromatic amines is 1. The van der Waals surface area contributed by atoms with Crippen LogP contribution < -0.4 is 5.56 Å². The standard InChI is InChI=1S/C13H11FN4O/c1-2-18-16-11-10(7-15-13(19)12(11)17-18)8-3-5-9(14)6-4-8/h3-7H,2H2,1H3,(H,15,19). The Balaban J connectivity index is 2.29. The van der Waals surface area contributed by atoms with Crippen molar-refractivity contribution in [3.05, 3.63) is 46.6 Å². The van der Waals surface area contributed by atoms with Gasteiger partial charge in [0.15, 0.2) is 5.52 Å². The molecule has 0 saturated carbocycles. The minimum atomic E-state index is -0.304. The van der Waals surface area contributed by atoms with Crippen molar-refractivity contribution in [1.82, 2.24) is 20.0 Å². The van der Waals surface area contributed by atoms with Gasteiger partial charge in [0.1, 0.15) is 11.3 Å². The van der Waals surface area contributed by atoms with E-state index in [0.717, 1.165) is 11.1 Å². The van der Waals surface area contributed by atoms with Gasteiger partial charge in [0, 0.05) is 11.8 Å². The molecule has 2 heterocycles. The number of H-pyrrole nitrogens is 1. The lowest BCUT2D eigenvalue weighted by Crippen LogP contribution is -2.06. The van der Waals surface area contributed by atoms with Crippen LogP contribution in [0.15, 0.2) is 35.3 Å². The Morgan fingerprint density at radius 2 is 1.89 bits per heavy atom. The number of hydrogen-bond acceptors (Lipinski definition) is 3. The van der Waals surface area contributed by atoms with Gasteiger partial charge < -0.3 is 4.98 Å². The van der Waals surface area contributed by atoms with Crippen LogP contribution in [0.2, 0.25) is 0 Å². The van der Waals surface area contributed by atoms with Crippen LogP contribution in [0.4, 0.5) is 4.39 Å². The maximum Gasteiger partial charge on any atom is 0.278 e. The number of pyridine rings is 1. The largest absolute Gasteiger partial charge is 0.326 e. The summed E-state index contributed by atoms with van der Waals surface area (Å²) in [6.07, 6.45) is 1.58. The Bertz CT molecular complexity index is 789. The van der Waals surface area contributed by atoms with Gasteiger partial charge in [-0.1, -0.05) is 12.1 Å². The number of aryl methyl sites for hydroxylation is 1. The number of hydrogen-bond donors (Lipinski definition) is 1. The Kier molecular flexibility index (Phi) is 2.63. The van der Waals surface area contributed by atoms with E-state index in [2.05, 4.69) is 15.2 Å². The molecule has 1 N–H and O–H groups in total. The topological polar surface area (TPSA) is 63.6 Å². The van der Waals surface area contributed by atoms with E-state index in [9.17, 15) is 9.18 Å². The Morgan fingerprint density at radius 1 is 1.21 bits per heavy atom. The first-order valence-corrected chi connectivity index (χ1v) is 5.91. The summed E-state index contributed by atoms with van der Waals surface area (Å²) >= 11 is 0. The van der Waals surface area contributed by atoms with Crippen molar-refractivity contribution in [1.29, 1.82) is 0 Å². The molecule has 0 aliphatic rings. The van der Waals surface area contributed by atoms with Crippen molar-refractivity contribution in [2.75, 3.05) is 0 Å². The summed E-state index contributed by atoms with van der Waals surface area (Å²) in [4.78, 5) is 15.8. The maximum absolute atomic E-state index is 12.9. The zero-order valence-corrected chi connectivity index (χ0v) is 10.2. The zero-order chi connectivity index (χ0) is 13.4. The molecule has 0 bridgehead atoms. The second-order valence-corrected chi connectivity index (χ2v) is 4.12. The molecule has 0 aliphatic heterocycles. The Labute approximate surface area is 107 Å². The summed E-state index contributed by atoms with van der Waals surface area (Å²) in [5.74, 6) is -0.304. The van der Waals surface area contributed by atoms with Crippen LogP contribution >= 0.6 is 0 Å². The highest BCUT2D eigenvalue weighted by molar-refractivity contribution is 5.89. The Hall–Kier alpha value is -2.50. The van der Waals surface area contributed by atoms with Crippen LogP contribution in [-0.4, -0.2) is 20.0 Å². The van der Waals surface area contributed by atoms with Gasteiger partial charge in [-0.25, -0.2) is 4.39 Å². The molecular formula is C13H11FN4O. The quantitative estimate of drug-likeness (QED) is 0.764. The minimum absolute atomic E-state index is 0.277. The summed E-state index contributed by atoms with van der Waals surface area (Å²) in [6.45, 7) is 2.47. The predicted octanol–water partition coefficient (Wildman–Crippen LogP) is 1.95. The third-order valence-electron chi connectivity index (χ3n) is 2.91. The van der Waals surface area contributed by atoms with Crippen LogP contribution in [0.25, 0.3) is 22.2 Å². The third-order valence-corrected chi connectivity index (χ3v) is 2.91. The molecule has 0 amide bonds. The molecule has 19 heavy (non-hydrogen) atoms. The fourth-order valence-corrected chi connectivity index (χ4v) is 1.95. The van der Waals surface area contributed by atoms with Gasteiger partial charge >= 0.3 is 0 Å². The molecule has 0 atom stereocenters. The first-order valence-electron chi connectivity index (χ1n) is 5.91. The summed E-state index contributed by atoms with van der Waals surface area (Å²) in [7, 11) is 0. The van der Waals surface area contributed by atoms with Gasteiger partial charge in [0.25, 0.3) is 5.56 Å². The fourth-order valence-electron chi connectivity index (χ4n) is 1.95. The van der Waals surface area contributed by atoms with Gasteiger partial charge in [0.2, 0.25) is 0 Å².